The molecule has 11 rings (SSSR count). The summed E-state index contributed by atoms with van der Waals surface area (Å²) in [4.78, 5) is 4.86. The summed E-state index contributed by atoms with van der Waals surface area (Å²) in [6.07, 6.45) is 1.89. The van der Waals surface area contributed by atoms with Crippen LogP contribution in [-0.4, -0.2) is 4.98 Å². The molecule has 11 aromatic rings. The van der Waals surface area contributed by atoms with Crippen molar-refractivity contribution in [1.29, 1.82) is 0 Å². The molecule has 51 heavy (non-hydrogen) atoms. The highest BCUT2D eigenvalue weighted by Crippen LogP contribution is 2.43. The smallest absolute Gasteiger partial charge is 0.143 e. The van der Waals surface area contributed by atoms with E-state index in [9.17, 15) is 0 Å². The second kappa shape index (κ2) is 10.9. The zero-order valence-corrected chi connectivity index (χ0v) is 27.6. The van der Waals surface area contributed by atoms with E-state index in [0.29, 0.717) is 0 Å². The fourth-order valence-electron chi connectivity index (χ4n) is 8.30. The first-order chi connectivity index (χ1) is 25.3. The SMILES string of the molecule is c1cc(-c2ccc3c4ccccc4c4ccccc4c3c2)cc(-c2cc(-c3cccc4ccc5cccnc5c34)cc3c2oc2ccccc23)c1. The molecule has 9 aromatic carbocycles. The van der Waals surface area contributed by atoms with Crippen LogP contribution in [-0.2, 0) is 0 Å². The molecule has 0 aliphatic heterocycles. The number of aromatic nitrogens is 1. The van der Waals surface area contributed by atoms with Gasteiger partial charge >= 0.3 is 0 Å². The Kier molecular flexibility index (Phi) is 5.99. The van der Waals surface area contributed by atoms with Crippen LogP contribution in [0.2, 0.25) is 0 Å². The minimum atomic E-state index is 0.890. The van der Waals surface area contributed by atoms with Gasteiger partial charge in [0.15, 0.2) is 0 Å². The lowest BCUT2D eigenvalue weighted by atomic mass is 9.90. The van der Waals surface area contributed by atoms with Crippen molar-refractivity contribution in [3.8, 4) is 33.4 Å². The number of nitrogens with zero attached hydrogens (tertiary/aromatic N) is 1. The fourth-order valence-corrected chi connectivity index (χ4v) is 8.30. The van der Waals surface area contributed by atoms with Crippen LogP contribution in [0.3, 0.4) is 0 Å². The Morgan fingerprint density at radius 1 is 0.353 bits per heavy atom. The second-order valence-electron chi connectivity index (χ2n) is 13.5. The first-order valence-corrected chi connectivity index (χ1v) is 17.4. The number of fused-ring (bicyclic) bond motifs is 12. The predicted molar refractivity (Wildman–Crippen MR) is 215 cm³/mol. The Morgan fingerprint density at radius 2 is 0.980 bits per heavy atom. The van der Waals surface area contributed by atoms with Crippen molar-refractivity contribution in [3.05, 3.63) is 176 Å². The fraction of sp³-hybridized carbons (Fsp3) is 0. The summed E-state index contributed by atoms with van der Waals surface area (Å²) in [5, 5.41) is 13.4. The lowest BCUT2D eigenvalue weighted by molar-refractivity contribution is 0.670. The molecule has 0 aliphatic carbocycles. The van der Waals surface area contributed by atoms with E-state index in [1.165, 1.54) is 54.2 Å². The van der Waals surface area contributed by atoms with E-state index in [4.69, 9.17) is 9.40 Å². The molecular weight excluding hydrogens is 619 g/mol. The molecule has 0 bridgehead atoms. The summed E-state index contributed by atoms with van der Waals surface area (Å²) in [5.74, 6) is 0. The highest BCUT2D eigenvalue weighted by molar-refractivity contribution is 6.26. The summed E-state index contributed by atoms with van der Waals surface area (Å²) in [6.45, 7) is 0. The molecule has 2 heteroatoms. The van der Waals surface area contributed by atoms with Gasteiger partial charge in [0.1, 0.15) is 11.2 Å². The molecule has 0 spiro atoms. The van der Waals surface area contributed by atoms with Crippen LogP contribution < -0.4 is 0 Å². The Morgan fingerprint density at radius 3 is 1.80 bits per heavy atom. The van der Waals surface area contributed by atoms with Gasteiger partial charge in [0.05, 0.1) is 5.52 Å². The molecule has 0 N–H and O–H groups in total. The number of hydrogen-bond acceptors (Lipinski definition) is 2. The molecule has 236 valence electrons. The van der Waals surface area contributed by atoms with Gasteiger partial charge in [-0.15, -0.1) is 0 Å². The molecule has 0 saturated carbocycles. The van der Waals surface area contributed by atoms with Crippen LogP contribution in [0.1, 0.15) is 0 Å². The summed E-state index contributed by atoms with van der Waals surface area (Å²) in [7, 11) is 0. The van der Waals surface area contributed by atoms with Gasteiger partial charge < -0.3 is 4.42 Å². The van der Waals surface area contributed by atoms with E-state index in [0.717, 1.165) is 55.1 Å². The lowest BCUT2D eigenvalue weighted by Gasteiger charge is -2.14. The first kappa shape index (κ1) is 28.1. The quantitative estimate of drug-likeness (QED) is 0.178. The highest BCUT2D eigenvalue weighted by atomic mass is 16.3. The normalized spacial score (nSPS) is 11.9. The van der Waals surface area contributed by atoms with Gasteiger partial charge in [0.2, 0.25) is 0 Å². The standard InChI is InChI=1S/C49H29NO/c1-2-16-39-37(14-1)38-15-3-4-17-40(38)44-27-33(23-24-41(39)44)32-11-7-12-34(26-32)43-28-35(29-45-42-18-5-6-20-46(42)51-49(43)45)36-19-8-10-30-21-22-31-13-9-25-50-48(31)47(30)36/h1-29H. The van der Waals surface area contributed by atoms with Crippen LogP contribution >= 0.6 is 0 Å². The van der Waals surface area contributed by atoms with Crippen LogP contribution in [0, 0.1) is 0 Å². The topological polar surface area (TPSA) is 26.0 Å². The summed E-state index contributed by atoms with van der Waals surface area (Å²) in [6, 6.07) is 61.4. The van der Waals surface area contributed by atoms with Crippen molar-refractivity contribution in [1.82, 2.24) is 4.98 Å². The van der Waals surface area contributed by atoms with Crippen molar-refractivity contribution < 1.29 is 4.42 Å². The van der Waals surface area contributed by atoms with Gasteiger partial charge in [0, 0.05) is 33.3 Å². The highest BCUT2D eigenvalue weighted by Gasteiger charge is 2.18. The monoisotopic (exact) mass is 647 g/mol. The third-order valence-corrected chi connectivity index (χ3v) is 10.7. The summed E-state index contributed by atoms with van der Waals surface area (Å²) >= 11 is 0. The van der Waals surface area contributed by atoms with Gasteiger partial charge in [0.25, 0.3) is 0 Å². The molecule has 0 atom stereocenters. The molecule has 2 aromatic heterocycles. The Hall–Kier alpha value is -6.77. The number of pyridine rings is 1. The summed E-state index contributed by atoms with van der Waals surface area (Å²) < 4.78 is 6.67. The van der Waals surface area contributed by atoms with Gasteiger partial charge in [-0.3, -0.25) is 4.98 Å². The predicted octanol–water partition coefficient (Wildman–Crippen LogP) is 13.7. The molecule has 0 unspecified atom stereocenters. The minimum Gasteiger partial charge on any atom is -0.455 e. The van der Waals surface area contributed by atoms with Gasteiger partial charge in [-0.25, -0.2) is 0 Å². The van der Waals surface area contributed by atoms with Crippen molar-refractivity contribution in [2.24, 2.45) is 0 Å². The first-order valence-electron chi connectivity index (χ1n) is 17.4. The molecule has 0 amide bonds. The molecule has 0 fully saturated rings. The average Bonchev–Trinajstić information content (AvgIpc) is 3.59. The minimum absolute atomic E-state index is 0.890. The van der Waals surface area contributed by atoms with E-state index in [1.807, 2.05) is 18.3 Å². The molecule has 0 radical (unpaired) electrons. The Balaban J connectivity index is 1.15. The lowest BCUT2D eigenvalue weighted by Crippen LogP contribution is -1.89. The number of rotatable bonds is 3. The van der Waals surface area contributed by atoms with Gasteiger partial charge in [-0.1, -0.05) is 133 Å². The van der Waals surface area contributed by atoms with Gasteiger partial charge in [-0.2, -0.15) is 0 Å². The Bertz CT molecular complexity index is 3170. The molecule has 2 nitrogen and oxygen atoms in total. The Labute approximate surface area is 293 Å². The van der Waals surface area contributed by atoms with E-state index < -0.39 is 0 Å². The number of furan rings is 1. The average molecular weight is 648 g/mol. The number of benzene rings is 9. The van der Waals surface area contributed by atoms with E-state index in [2.05, 4.69) is 158 Å². The van der Waals surface area contributed by atoms with E-state index in [1.54, 1.807) is 0 Å². The van der Waals surface area contributed by atoms with Gasteiger partial charge in [-0.05, 0) is 102 Å². The van der Waals surface area contributed by atoms with E-state index in [-0.39, 0.29) is 0 Å². The molecule has 0 aliphatic rings. The maximum atomic E-state index is 6.67. The van der Waals surface area contributed by atoms with Crippen LogP contribution in [0.15, 0.2) is 180 Å². The molecule has 2 heterocycles. The van der Waals surface area contributed by atoms with Crippen molar-refractivity contribution in [2.75, 3.05) is 0 Å². The number of hydrogen-bond donors (Lipinski definition) is 0. The zero-order valence-electron chi connectivity index (χ0n) is 27.6. The maximum Gasteiger partial charge on any atom is 0.143 e. The zero-order chi connectivity index (χ0) is 33.5. The molecule has 0 saturated heterocycles. The third-order valence-electron chi connectivity index (χ3n) is 10.7. The van der Waals surface area contributed by atoms with Crippen molar-refractivity contribution >= 4 is 75.9 Å². The van der Waals surface area contributed by atoms with Crippen molar-refractivity contribution in [3.63, 3.8) is 0 Å². The second-order valence-corrected chi connectivity index (χ2v) is 13.5. The van der Waals surface area contributed by atoms with Crippen molar-refractivity contribution in [2.45, 2.75) is 0 Å². The largest absolute Gasteiger partial charge is 0.455 e. The number of para-hydroxylation sites is 1. The third kappa shape index (κ3) is 4.27. The summed E-state index contributed by atoms with van der Waals surface area (Å²) in [5.41, 5.74) is 9.65. The van der Waals surface area contributed by atoms with Crippen LogP contribution in [0.4, 0.5) is 0 Å². The van der Waals surface area contributed by atoms with Crippen LogP contribution in [0.5, 0.6) is 0 Å². The van der Waals surface area contributed by atoms with Crippen LogP contribution in [0.25, 0.3) is 109 Å². The van der Waals surface area contributed by atoms with E-state index >= 15 is 0 Å². The maximum absolute atomic E-state index is 6.67. The molecular formula is C49H29NO.